The highest BCUT2D eigenvalue weighted by Gasteiger charge is 2.20. The third-order valence-corrected chi connectivity index (χ3v) is 4.27. The molecule has 0 fully saturated rings. The number of carbonyl (C=O) groups excluding carboxylic acids is 2. The molecule has 0 heterocycles. The molecule has 0 aliphatic rings. The van der Waals surface area contributed by atoms with Crippen LogP contribution in [-0.4, -0.2) is 46.2 Å². The summed E-state index contributed by atoms with van der Waals surface area (Å²) < 4.78 is 15.9. The summed E-state index contributed by atoms with van der Waals surface area (Å²) in [4.78, 5) is 25.9. The fraction of sp³-hybridized carbons (Fsp3) is 0.333. The number of carbonyl (C=O) groups is 2. The van der Waals surface area contributed by atoms with Crippen LogP contribution in [0.15, 0.2) is 42.5 Å². The van der Waals surface area contributed by atoms with Crippen LogP contribution in [0.4, 0.5) is 5.69 Å². The molecule has 0 aromatic heterocycles. The highest BCUT2D eigenvalue weighted by atomic mass is 16.5. The molecule has 2 rings (SSSR count). The van der Waals surface area contributed by atoms with Crippen LogP contribution in [0.3, 0.4) is 0 Å². The molecule has 2 aromatic rings. The van der Waals surface area contributed by atoms with Crippen molar-refractivity contribution in [2.45, 2.75) is 13.3 Å². The van der Waals surface area contributed by atoms with Crippen molar-refractivity contribution < 1.29 is 23.8 Å². The number of anilines is 1. The first kappa shape index (κ1) is 21.1. The quantitative estimate of drug-likeness (QED) is 0.716. The predicted octanol–water partition coefficient (Wildman–Crippen LogP) is 2.42. The normalized spacial score (nSPS) is 10.1. The molecule has 0 aliphatic heterocycles. The van der Waals surface area contributed by atoms with E-state index in [1.54, 1.807) is 25.3 Å². The monoisotopic (exact) mass is 386 g/mol. The van der Waals surface area contributed by atoms with Crippen LogP contribution in [0.1, 0.15) is 12.5 Å². The Morgan fingerprint density at radius 1 is 0.964 bits per heavy atom. The second kappa shape index (κ2) is 10.2. The van der Waals surface area contributed by atoms with Crippen LogP contribution >= 0.6 is 0 Å². The van der Waals surface area contributed by atoms with E-state index in [1.165, 1.54) is 26.0 Å². The standard InChI is InChI=1S/C21H26N2O5/c1-15(24)23(18-13-17(26-2)9-10-20(18)28-4)14-21(25)22-12-11-16-7-5-6-8-19(16)27-3/h5-10,13H,11-12,14H2,1-4H3,(H,22,25). The molecule has 0 aliphatic carbocycles. The Hall–Kier alpha value is -3.22. The van der Waals surface area contributed by atoms with E-state index >= 15 is 0 Å². The van der Waals surface area contributed by atoms with Crippen molar-refractivity contribution in [2.75, 3.05) is 39.3 Å². The van der Waals surface area contributed by atoms with E-state index in [1.807, 2.05) is 24.3 Å². The van der Waals surface area contributed by atoms with Crippen molar-refractivity contribution in [3.63, 3.8) is 0 Å². The van der Waals surface area contributed by atoms with Gasteiger partial charge in [0, 0.05) is 19.5 Å². The van der Waals surface area contributed by atoms with Gasteiger partial charge in [-0.25, -0.2) is 0 Å². The first-order valence-corrected chi connectivity index (χ1v) is 8.88. The summed E-state index contributed by atoms with van der Waals surface area (Å²) in [5, 5.41) is 2.84. The van der Waals surface area contributed by atoms with Crippen LogP contribution in [0.5, 0.6) is 17.2 Å². The van der Waals surface area contributed by atoms with E-state index in [9.17, 15) is 9.59 Å². The van der Waals surface area contributed by atoms with E-state index in [0.717, 1.165) is 11.3 Å². The molecule has 2 aromatic carbocycles. The Morgan fingerprint density at radius 2 is 1.68 bits per heavy atom. The van der Waals surface area contributed by atoms with Gasteiger partial charge in [0.15, 0.2) is 0 Å². The smallest absolute Gasteiger partial charge is 0.240 e. The summed E-state index contributed by atoms with van der Waals surface area (Å²) in [6.45, 7) is 1.71. The number of nitrogens with one attached hydrogen (secondary N) is 1. The lowest BCUT2D eigenvalue weighted by Crippen LogP contribution is -2.40. The van der Waals surface area contributed by atoms with Gasteiger partial charge in [-0.3, -0.25) is 14.5 Å². The number of methoxy groups -OCH3 is 3. The molecular formula is C21H26N2O5. The fourth-order valence-corrected chi connectivity index (χ4v) is 2.82. The van der Waals surface area contributed by atoms with Crippen molar-refractivity contribution in [3.05, 3.63) is 48.0 Å². The van der Waals surface area contributed by atoms with Crippen molar-refractivity contribution in [1.29, 1.82) is 0 Å². The molecule has 0 saturated heterocycles. The molecule has 0 atom stereocenters. The largest absolute Gasteiger partial charge is 0.497 e. The summed E-state index contributed by atoms with van der Waals surface area (Å²) in [5.74, 6) is 1.29. The number of hydrogen-bond acceptors (Lipinski definition) is 5. The van der Waals surface area contributed by atoms with E-state index in [-0.39, 0.29) is 18.4 Å². The van der Waals surface area contributed by atoms with Gasteiger partial charge < -0.3 is 19.5 Å². The van der Waals surface area contributed by atoms with Crippen molar-refractivity contribution >= 4 is 17.5 Å². The minimum Gasteiger partial charge on any atom is -0.497 e. The molecule has 7 nitrogen and oxygen atoms in total. The maximum Gasteiger partial charge on any atom is 0.240 e. The second-order valence-electron chi connectivity index (χ2n) is 6.05. The Bertz CT molecular complexity index is 822. The van der Waals surface area contributed by atoms with Crippen molar-refractivity contribution in [2.24, 2.45) is 0 Å². The lowest BCUT2D eigenvalue weighted by atomic mass is 10.1. The average Bonchev–Trinajstić information content (AvgIpc) is 2.71. The van der Waals surface area contributed by atoms with Crippen molar-refractivity contribution in [1.82, 2.24) is 5.32 Å². The highest BCUT2D eigenvalue weighted by molar-refractivity contribution is 5.98. The van der Waals surface area contributed by atoms with Crippen LogP contribution in [0.2, 0.25) is 0 Å². The van der Waals surface area contributed by atoms with Gasteiger partial charge in [-0.05, 0) is 30.2 Å². The van der Waals surface area contributed by atoms with Gasteiger partial charge in [0.2, 0.25) is 11.8 Å². The summed E-state index contributed by atoms with van der Waals surface area (Å²) in [6.07, 6.45) is 0.623. The SMILES string of the molecule is COc1ccc(OC)c(N(CC(=O)NCCc2ccccc2OC)C(C)=O)c1. The van der Waals surface area contributed by atoms with Gasteiger partial charge in [0.25, 0.3) is 0 Å². The maximum absolute atomic E-state index is 12.4. The van der Waals surface area contributed by atoms with Gasteiger partial charge in [0.1, 0.15) is 23.8 Å². The molecule has 0 spiro atoms. The van der Waals surface area contributed by atoms with Gasteiger partial charge in [0.05, 0.1) is 27.0 Å². The van der Waals surface area contributed by atoms with E-state index in [2.05, 4.69) is 5.32 Å². The third kappa shape index (κ3) is 5.39. The third-order valence-electron chi connectivity index (χ3n) is 4.27. The van der Waals surface area contributed by atoms with E-state index < -0.39 is 0 Å². The number of ether oxygens (including phenoxy) is 3. The van der Waals surface area contributed by atoms with Crippen LogP contribution in [-0.2, 0) is 16.0 Å². The molecule has 7 heteroatoms. The number of hydrogen-bond donors (Lipinski definition) is 1. The molecule has 0 unspecified atom stereocenters. The molecule has 0 saturated carbocycles. The molecule has 0 bridgehead atoms. The minimum absolute atomic E-state index is 0.120. The number of benzene rings is 2. The van der Waals surface area contributed by atoms with Gasteiger partial charge in [-0.1, -0.05) is 18.2 Å². The summed E-state index contributed by atoms with van der Waals surface area (Å²) in [7, 11) is 4.66. The zero-order valence-electron chi connectivity index (χ0n) is 16.7. The first-order valence-electron chi connectivity index (χ1n) is 8.88. The molecule has 1 N–H and O–H groups in total. The van der Waals surface area contributed by atoms with Gasteiger partial charge in [-0.2, -0.15) is 0 Å². The second-order valence-corrected chi connectivity index (χ2v) is 6.05. The Labute approximate surface area is 165 Å². The summed E-state index contributed by atoms with van der Waals surface area (Å²) in [6, 6.07) is 12.7. The minimum atomic E-state index is -0.272. The number of nitrogens with zero attached hydrogens (tertiary/aromatic N) is 1. The number of amides is 2. The zero-order valence-corrected chi connectivity index (χ0v) is 16.7. The van der Waals surface area contributed by atoms with Gasteiger partial charge in [-0.15, -0.1) is 0 Å². The fourth-order valence-electron chi connectivity index (χ4n) is 2.82. The zero-order chi connectivity index (χ0) is 20.5. The molecule has 2 amide bonds. The lowest BCUT2D eigenvalue weighted by molar-refractivity contribution is -0.123. The lowest BCUT2D eigenvalue weighted by Gasteiger charge is -2.23. The van der Waals surface area contributed by atoms with Crippen LogP contribution in [0, 0.1) is 0 Å². The van der Waals surface area contributed by atoms with Crippen LogP contribution in [0.25, 0.3) is 0 Å². The predicted molar refractivity (Wildman–Crippen MR) is 107 cm³/mol. The molecule has 150 valence electrons. The maximum atomic E-state index is 12.4. The highest BCUT2D eigenvalue weighted by Crippen LogP contribution is 2.32. The van der Waals surface area contributed by atoms with Gasteiger partial charge >= 0.3 is 0 Å². The number of rotatable bonds is 9. The summed E-state index contributed by atoms with van der Waals surface area (Å²) >= 11 is 0. The van der Waals surface area contributed by atoms with Crippen LogP contribution < -0.4 is 24.4 Å². The Kier molecular flexibility index (Phi) is 7.68. The molecular weight excluding hydrogens is 360 g/mol. The van der Waals surface area contributed by atoms with E-state index in [0.29, 0.717) is 30.2 Å². The molecule has 28 heavy (non-hydrogen) atoms. The van der Waals surface area contributed by atoms with E-state index in [4.69, 9.17) is 14.2 Å². The molecule has 0 radical (unpaired) electrons. The van der Waals surface area contributed by atoms with Crippen molar-refractivity contribution in [3.8, 4) is 17.2 Å². The first-order chi connectivity index (χ1) is 13.5. The average molecular weight is 386 g/mol. The Balaban J connectivity index is 2.04. The number of para-hydroxylation sites is 1. The Morgan fingerprint density at radius 3 is 2.32 bits per heavy atom. The topological polar surface area (TPSA) is 77.1 Å². The summed E-state index contributed by atoms with van der Waals surface area (Å²) in [5.41, 5.74) is 1.48.